The van der Waals surface area contributed by atoms with Crippen LogP contribution in [0, 0.1) is 0 Å². The number of nitrogens with one attached hydrogen (secondary N) is 2. The summed E-state index contributed by atoms with van der Waals surface area (Å²) in [7, 11) is 0. The molecule has 0 atom stereocenters. The van der Waals surface area contributed by atoms with E-state index in [0.29, 0.717) is 13.1 Å². The van der Waals surface area contributed by atoms with Crippen LogP contribution in [0.1, 0.15) is 89.5 Å². The van der Waals surface area contributed by atoms with Crippen LogP contribution in [0.4, 0.5) is 0 Å². The normalized spacial score (nSPS) is 10.7. The molecule has 29 heavy (non-hydrogen) atoms. The summed E-state index contributed by atoms with van der Waals surface area (Å²) in [4.78, 5) is 23.6. The number of phenols is 1. The third kappa shape index (κ3) is 13.7. The van der Waals surface area contributed by atoms with Crippen LogP contribution in [0.3, 0.4) is 0 Å². The highest BCUT2D eigenvalue weighted by atomic mass is 16.3. The zero-order valence-corrected chi connectivity index (χ0v) is 18.2. The molecule has 0 radical (unpaired) electrons. The molecule has 0 unspecified atom stereocenters. The van der Waals surface area contributed by atoms with Gasteiger partial charge < -0.3 is 15.7 Å². The maximum Gasteiger partial charge on any atom is 0.309 e. The largest absolute Gasteiger partial charge is 0.508 e. The van der Waals surface area contributed by atoms with E-state index in [2.05, 4.69) is 17.6 Å². The minimum absolute atomic E-state index is 0.247. The second-order valence-corrected chi connectivity index (χ2v) is 7.82. The van der Waals surface area contributed by atoms with E-state index in [1.807, 2.05) is 12.1 Å². The Balaban J connectivity index is 1.91. The molecule has 0 saturated heterocycles. The van der Waals surface area contributed by atoms with Crippen LogP contribution in [0.5, 0.6) is 5.75 Å². The smallest absolute Gasteiger partial charge is 0.309 e. The maximum absolute atomic E-state index is 11.8. The highest BCUT2D eigenvalue weighted by Gasteiger charge is 2.11. The van der Waals surface area contributed by atoms with Crippen molar-refractivity contribution in [3.63, 3.8) is 0 Å². The number of aryl methyl sites for hydroxylation is 1. The van der Waals surface area contributed by atoms with Gasteiger partial charge in [0.05, 0.1) is 0 Å². The number of phenolic OH excluding ortho intramolecular Hbond substituents is 1. The number of carbonyl (C=O) groups excluding carboxylic acids is 2. The lowest BCUT2D eigenvalue weighted by Crippen LogP contribution is -2.40. The van der Waals surface area contributed by atoms with E-state index in [1.54, 1.807) is 12.1 Å². The lowest BCUT2D eigenvalue weighted by molar-refractivity contribution is -0.139. The molecule has 0 aliphatic carbocycles. The van der Waals surface area contributed by atoms with Crippen LogP contribution in [-0.4, -0.2) is 30.0 Å². The highest BCUT2D eigenvalue weighted by Crippen LogP contribution is 2.11. The second-order valence-electron chi connectivity index (χ2n) is 7.82. The van der Waals surface area contributed by atoms with Gasteiger partial charge in [0.15, 0.2) is 0 Å². The van der Waals surface area contributed by atoms with Gasteiger partial charge in [0.2, 0.25) is 0 Å². The average Bonchev–Trinajstić information content (AvgIpc) is 2.73. The number of benzene rings is 1. The van der Waals surface area contributed by atoms with Crippen molar-refractivity contribution in [3.8, 4) is 5.75 Å². The third-order valence-corrected chi connectivity index (χ3v) is 5.14. The number of amides is 2. The van der Waals surface area contributed by atoms with Gasteiger partial charge >= 0.3 is 11.8 Å². The van der Waals surface area contributed by atoms with Gasteiger partial charge in [-0.1, -0.05) is 83.3 Å². The zero-order chi connectivity index (χ0) is 21.2. The van der Waals surface area contributed by atoms with Crippen LogP contribution >= 0.6 is 0 Å². The van der Waals surface area contributed by atoms with Crippen LogP contribution in [0.15, 0.2) is 24.3 Å². The fraction of sp³-hybridized carbons (Fsp3) is 0.667. The third-order valence-electron chi connectivity index (χ3n) is 5.14. The topological polar surface area (TPSA) is 78.4 Å². The van der Waals surface area contributed by atoms with E-state index < -0.39 is 11.8 Å². The first-order valence-electron chi connectivity index (χ1n) is 11.5. The van der Waals surface area contributed by atoms with Crippen LogP contribution < -0.4 is 10.6 Å². The highest BCUT2D eigenvalue weighted by molar-refractivity contribution is 6.35. The Morgan fingerprint density at radius 3 is 1.66 bits per heavy atom. The number of rotatable bonds is 16. The number of aromatic hydroxyl groups is 1. The first kappa shape index (κ1) is 25.0. The Hall–Kier alpha value is -2.04. The van der Waals surface area contributed by atoms with Crippen molar-refractivity contribution in [2.24, 2.45) is 0 Å². The minimum atomic E-state index is -0.557. The van der Waals surface area contributed by atoms with E-state index in [0.717, 1.165) is 31.2 Å². The maximum atomic E-state index is 11.8. The number of unbranched alkanes of at least 4 members (excludes halogenated alkanes) is 10. The summed E-state index contributed by atoms with van der Waals surface area (Å²) < 4.78 is 0. The standard InChI is InChI=1S/C24H40N2O3/c1-2-3-4-5-6-7-8-9-10-11-12-19-25-23(28)24(29)26-20-13-14-21-15-17-22(27)18-16-21/h15-18,27H,2-14,19-20H2,1H3,(H,25,28)(H,26,29). The first-order valence-corrected chi connectivity index (χ1v) is 11.5. The van der Waals surface area contributed by atoms with E-state index in [-0.39, 0.29) is 5.75 Å². The molecule has 0 fully saturated rings. The van der Waals surface area contributed by atoms with Crippen molar-refractivity contribution in [1.29, 1.82) is 0 Å². The molecule has 0 aliphatic heterocycles. The van der Waals surface area contributed by atoms with Crippen LogP contribution in [0.2, 0.25) is 0 Å². The van der Waals surface area contributed by atoms with Crippen molar-refractivity contribution in [3.05, 3.63) is 29.8 Å². The number of hydrogen-bond acceptors (Lipinski definition) is 3. The molecule has 5 nitrogen and oxygen atoms in total. The molecule has 0 saturated carbocycles. The van der Waals surface area contributed by atoms with Crippen molar-refractivity contribution in [1.82, 2.24) is 10.6 Å². The van der Waals surface area contributed by atoms with E-state index in [4.69, 9.17) is 0 Å². The molecule has 0 spiro atoms. The Bertz CT molecular complexity index is 558. The summed E-state index contributed by atoms with van der Waals surface area (Å²) >= 11 is 0. The summed E-state index contributed by atoms with van der Waals surface area (Å²) in [5, 5.41) is 14.6. The Kier molecular flexibility index (Phi) is 14.5. The van der Waals surface area contributed by atoms with Gasteiger partial charge in [-0.25, -0.2) is 0 Å². The molecule has 164 valence electrons. The molecule has 1 aromatic carbocycles. The fourth-order valence-corrected chi connectivity index (χ4v) is 3.31. The molecule has 5 heteroatoms. The lowest BCUT2D eigenvalue weighted by Gasteiger charge is -2.07. The Morgan fingerprint density at radius 1 is 0.690 bits per heavy atom. The molecule has 0 heterocycles. The van der Waals surface area contributed by atoms with Gasteiger partial charge in [0.1, 0.15) is 5.75 Å². The van der Waals surface area contributed by atoms with Crippen molar-refractivity contribution in [2.75, 3.05) is 13.1 Å². The average molecular weight is 405 g/mol. The molecular weight excluding hydrogens is 364 g/mol. The fourth-order valence-electron chi connectivity index (χ4n) is 3.31. The quantitative estimate of drug-likeness (QED) is 0.272. The summed E-state index contributed by atoms with van der Waals surface area (Å²) in [6, 6.07) is 7.01. The summed E-state index contributed by atoms with van der Waals surface area (Å²) in [6.07, 6.45) is 15.5. The van der Waals surface area contributed by atoms with Crippen molar-refractivity contribution < 1.29 is 14.7 Å². The van der Waals surface area contributed by atoms with Crippen LogP contribution in [-0.2, 0) is 16.0 Å². The molecule has 1 rings (SSSR count). The second kappa shape index (κ2) is 16.9. The van der Waals surface area contributed by atoms with Crippen molar-refractivity contribution in [2.45, 2.75) is 90.4 Å². The van der Waals surface area contributed by atoms with Gasteiger partial charge in [-0.15, -0.1) is 0 Å². The van der Waals surface area contributed by atoms with Gasteiger partial charge in [-0.3, -0.25) is 9.59 Å². The first-order chi connectivity index (χ1) is 14.1. The van der Waals surface area contributed by atoms with Gasteiger partial charge in [-0.2, -0.15) is 0 Å². The predicted octanol–water partition coefficient (Wildman–Crippen LogP) is 4.87. The molecule has 3 N–H and O–H groups in total. The molecule has 2 amide bonds. The monoisotopic (exact) mass is 404 g/mol. The molecule has 0 aromatic heterocycles. The molecule has 0 bridgehead atoms. The predicted molar refractivity (Wildman–Crippen MR) is 119 cm³/mol. The lowest BCUT2D eigenvalue weighted by atomic mass is 10.1. The van der Waals surface area contributed by atoms with Gasteiger partial charge in [-0.05, 0) is 37.0 Å². The number of carbonyl (C=O) groups is 2. The van der Waals surface area contributed by atoms with E-state index in [9.17, 15) is 14.7 Å². The summed E-state index contributed by atoms with van der Waals surface area (Å²) in [5.41, 5.74) is 1.10. The SMILES string of the molecule is CCCCCCCCCCCCCNC(=O)C(=O)NCCCc1ccc(O)cc1. The van der Waals surface area contributed by atoms with E-state index in [1.165, 1.54) is 57.8 Å². The van der Waals surface area contributed by atoms with Gasteiger partial charge in [0, 0.05) is 13.1 Å². The minimum Gasteiger partial charge on any atom is -0.508 e. The Morgan fingerprint density at radius 2 is 1.14 bits per heavy atom. The van der Waals surface area contributed by atoms with Crippen LogP contribution in [0.25, 0.3) is 0 Å². The van der Waals surface area contributed by atoms with E-state index >= 15 is 0 Å². The Labute approximate surface area is 176 Å². The van der Waals surface area contributed by atoms with Crippen molar-refractivity contribution >= 4 is 11.8 Å². The zero-order valence-electron chi connectivity index (χ0n) is 18.2. The van der Waals surface area contributed by atoms with Gasteiger partial charge in [0.25, 0.3) is 0 Å². The summed E-state index contributed by atoms with van der Waals surface area (Å²) in [5.74, 6) is -0.850. The molecule has 1 aromatic rings. The molecular formula is C24H40N2O3. The number of hydrogen-bond donors (Lipinski definition) is 3. The summed E-state index contributed by atoms with van der Waals surface area (Å²) in [6.45, 7) is 3.28. The molecule has 0 aliphatic rings.